The lowest BCUT2D eigenvalue weighted by Gasteiger charge is -2.02. The average molecular weight is 343 g/mol. The zero-order chi connectivity index (χ0) is 14.7. The van der Waals surface area contributed by atoms with Gasteiger partial charge in [0.1, 0.15) is 4.21 Å². The van der Waals surface area contributed by atoms with Gasteiger partial charge >= 0.3 is 0 Å². The van der Waals surface area contributed by atoms with Crippen LogP contribution in [0.5, 0.6) is 0 Å². The van der Waals surface area contributed by atoms with Gasteiger partial charge in [-0.25, -0.2) is 13.1 Å². The number of nitrogens with one attached hydrogen (secondary N) is 2. The molecule has 0 atom stereocenters. The van der Waals surface area contributed by atoms with Crippen LogP contribution < -0.4 is 10.0 Å². The Balaban J connectivity index is 1.55. The molecule has 0 amide bonds. The molecule has 0 saturated heterocycles. The zero-order valence-electron chi connectivity index (χ0n) is 11.4. The number of thiophene rings is 1. The second-order valence-electron chi connectivity index (χ2n) is 4.99. The summed E-state index contributed by atoms with van der Waals surface area (Å²) < 4.78 is 27.4. The molecule has 0 unspecified atom stereocenters. The smallest absolute Gasteiger partial charge is 0.250 e. The van der Waals surface area contributed by atoms with Gasteiger partial charge in [-0.1, -0.05) is 0 Å². The zero-order valence-corrected chi connectivity index (χ0v) is 13.9. The molecule has 1 saturated carbocycles. The van der Waals surface area contributed by atoms with Crippen LogP contribution in [0.25, 0.3) is 0 Å². The first-order valence-electron chi connectivity index (χ1n) is 6.82. The molecule has 2 heterocycles. The molecule has 0 aliphatic heterocycles. The number of aromatic nitrogens is 1. The van der Waals surface area contributed by atoms with Crippen LogP contribution in [0.3, 0.4) is 0 Å². The van der Waals surface area contributed by atoms with Crippen LogP contribution in [0.1, 0.15) is 22.6 Å². The van der Waals surface area contributed by atoms with Gasteiger partial charge in [0.2, 0.25) is 10.0 Å². The summed E-state index contributed by atoms with van der Waals surface area (Å²) in [5.74, 6) is 0. The molecule has 2 N–H and O–H groups in total. The molecule has 0 bridgehead atoms. The lowest BCUT2D eigenvalue weighted by Crippen LogP contribution is -2.21. The number of sulfonamides is 1. The van der Waals surface area contributed by atoms with E-state index in [0.717, 1.165) is 22.7 Å². The largest absolute Gasteiger partial charge is 0.314 e. The van der Waals surface area contributed by atoms with Crippen LogP contribution in [0.4, 0.5) is 0 Å². The summed E-state index contributed by atoms with van der Waals surface area (Å²) in [7, 11) is -3.42. The minimum Gasteiger partial charge on any atom is -0.314 e. The van der Waals surface area contributed by atoms with Crippen molar-refractivity contribution in [3.63, 3.8) is 0 Å². The third kappa shape index (κ3) is 4.33. The molecular weight excluding hydrogens is 326 g/mol. The quantitative estimate of drug-likeness (QED) is 0.769. The molecule has 0 aromatic carbocycles. The van der Waals surface area contributed by atoms with Gasteiger partial charge in [-0.3, -0.25) is 4.98 Å². The highest BCUT2D eigenvalue weighted by Crippen LogP contribution is 2.23. The second kappa shape index (κ2) is 6.53. The van der Waals surface area contributed by atoms with E-state index in [1.165, 1.54) is 35.5 Å². The third-order valence-corrected chi connectivity index (χ3v) is 7.02. The number of rotatable bonds is 8. The Morgan fingerprint density at radius 2 is 2.14 bits per heavy atom. The normalized spacial score (nSPS) is 15.4. The maximum atomic E-state index is 12.2. The van der Waals surface area contributed by atoms with E-state index in [4.69, 9.17) is 0 Å². The highest BCUT2D eigenvalue weighted by molar-refractivity contribution is 7.91. The monoisotopic (exact) mass is 343 g/mol. The van der Waals surface area contributed by atoms with Gasteiger partial charge < -0.3 is 5.32 Å². The molecule has 2 aromatic rings. The van der Waals surface area contributed by atoms with Crippen molar-refractivity contribution in [2.24, 2.45) is 0 Å². The Morgan fingerprint density at radius 3 is 2.86 bits per heavy atom. The first-order valence-corrected chi connectivity index (χ1v) is 10.0. The van der Waals surface area contributed by atoms with Crippen LogP contribution in [-0.2, 0) is 23.0 Å². The molecular formula is C13H17N3O2S3. The topological polar surface area (TPSA) is 71.1 Å². The Bertz CT molecular complexity index is 675. The van der Waals surface area contributed by atoms with Crippen LogP contribution in [-0.4, -0.2) is 26.0 Å². The van der Waals surface area contributed by atoms with Gasteiger partial charge in [0.05, 0.1) is 5.51 Å². The SMILES string of the molecule is O=S(=O)(NCc1cncs1)c1ccc(CCNC2CC2)s1. The molecule has 2 aromatic heterocycles. The lowest BCUT2D eigenvalue weighted by molar-refractivity contribution is 0.584. The molecule has 1 fully saturated rings. The van der Waals surface area contributed by atoms with Gasteiger partial charge in [-0.15, -0.1) is 22.7 Å². The highest BCUT2D eigenvalue weighted by Gasteiger charge is 2.20. The molecule has 114 valence electrons. The van der Waals surface area contributed by atoms with Crippen molar-refractivity contribution in [2.45, 2.75) is 36.1 Å². The first-order chi connectivity index (χ1) is 10.1. The van der Waals surface area contributed by atoms with Crippen molar-refractivity contribution in [1.82, 2.24) is 15.0 Å². The van der Waals surface area contributed by atoms with E-state index in [1.54, 1.807) is 17.8 Å². The third-order valence-electron chi connectivity index (χ3n) is 3.20. The second-order valence-corrected chi connectivity index (χ2v) is 9.12. The van der Waals surface area contributed by atoms with Gasteiger partial charge in [0.25, 0.3) is 0 Å². The van der Waals surface area contributed by atoms with Gasteiger partial charge in [-0.05, 0) is 31.4 Å². The van der Waals surface area contributed by atoms with Crippen molar-refractivity contribution in [2.75, 3.05) is 6.54 Å². The van der Waals surface area contributed by atoms with Gasteiger partial charge in [0.15, 0.2) is 0 Å². The summed E-state index contributed by atoms with van der Waals surface area (Å²) >= 11 is 2.79. The lowest BCUT2D eigenvalue weighted by atomic mass is 10.3. The molecule has 0 radical (unpaired) electrons. The Morgan fingerprint density at radius 1 is 1.29 bits per heavy atom. The first kappa shape index (κ1) is 15.1. The summed E-state index contributed by atoms with van der Waals surface area (Å²) in [6, 6.07) is 4.28. The summed E-state index contributed by atoms with van der Waals surface area (Å²) in [5, 5.41) is 3.43. The van der Waals surface area contributed by atoms with Crippen LogP contribution in [0.2, 0.25) is 0 Å². The Kier molecular flexibility index (Phi) is 4.70. The molecule has 1 aliphatic rings. The predicted molar refractivity (Wildman–Crippen MR) is 85.2 cm³/mol. The van der Waals surface area contributed by atoms with E-state index in [-0.39, 0.29) is 0 Å². The van der Waals surface area contributed by atoms with Crippen LogP contribution >= 0.6 is 22.7 Å². The molecule has 1 aliphatic carbocycles. The van der Waals surface area contributed by atoms with E-state index in [0.29, 0.717) is 16.8 Å². The Labute approximate surface area is 132 Å². The number of hydrogen-bond donors (Lipinski definition) is 2. The molecule has 21 heavy (non-hydrogen) atoms. The average Bonchev–Trinajstić information content (AvgIpc) is 2.94. The fraction of sp³-hybridized carbons (Fsp3) is 0.462. The predicted octanol–water partition coefficient (Wildman–Crippen LogP) is 1.98. The minimum atomic E-state index is -3.42. The van der Waals surface area contributed by atoms with E-state index in [2.05, 4.69) is 15.0 Å². The highest BCUT2D eigenvalue weighted by atomic mass is 32.2. The number of nitrogens with zero attached hydrogens (tertiary/aromatic N) is 1. The van der Waals surface area contributed by atoms with Crippen LogP contribution in [0.15, 0.2) is 28.0 Å². The maximum Gasteiger partial charge on any atom is 0.250 e. The van der Waals surface area contributed by atoms with Crippen molar-refractivity contribution < 1.29 is 8.42 Å². The van der Waals surface area contributed by atoms with Crippen LogP contribution in [0, 0.1) is 0 Å². The maximum absolute atomic E-state index is 12.2. The molecule has 5 nitrogen and oxygen atoms in total. The number of hydrogen-bond acceptors (Lipinski definition) is 6. The molecule has 0 spiro atoms. The van der Waals surface area contributed by atoms with Gasteiger partial charge in [0, 0.05) is 35.1 Å². The molecule has 3 rings (SSSR count). The summed E-state index contributed by atoms with van der Waals surface area (Å²) in [6.07, 6.45) is 5.10. The van der Waals surface area contributed by atoms with Crippen molar-refractivity contribution >= 4 is 32.7 Å². The fourth-order valence-electron chi connectivity index (χ4n) is 1.89. The molecule has 8 heteroatoms. The van der Waals surface area contributed by atoms with Crippen molar-refractivity contribution in [3.05, 3.63) is 33.6 Å². The van der Waals surface area contributed by atoms with E-state index in [1.807, 2.05) is 6.07 Å². The van der Waals surface area contributed by atoms with E-state index >= 15 is 0 Å². The Hall–Kier alpha value is -0.800. The summed E-state index contributed by atoms with van der Waals surface area (Å²) in [6.45, 7) is 1.21. The fourth-order valence-corrected chi connectivity index (χ4v) is 4.92. The van der Waals surface area contributed by atoms with E-state index < -0.39 is 10.0 Å². The minimum absolute atomic E-state index is 0.295. The summed E-state index contributed by atoms with van der Waals surface area (Å²) in [4.78, 5) is 5.94. The van der Waals surface area contributed by atoms with E-state index in [9.17, 15) is 8.42 Å². The van der Waals surface area contributed by atoms with Crippen molar-refractivity contribution in [1.29, 1.82) is 0 Å². The van der Waals surface area contributed by atoms with Crippen molar-refractivity contribution in [3.8, 4) is 0 Å². The summed E-state index contributed by atoms with van der Waals surface area (Å²) in [5.41, 5.74) is 1.69. The standard InChI is InChI=1S/C13H17N3O2S3/c17-21(18,16-8-12-7-14-9-19-12)13-4-3-11(20-13)5-6-15-10-1-2-10/h3-4,7,9-10,15-16H,1-2,5-6,8H2. The number of thiazole rings is 1. The van der Waals surface area contributed by atoms with Gasteiger partial charge in [-0.2, -0.15) is 0 Å².